The zero-order valence-corrected chi connectivity index (χ0v) is 26.5. The Morgan fingerprint density at radius 2 is 1.78 bits per heavy atom. The highest BCUT2D eigenvalue weighted by Gasteiger charge is 2.33. The number of carbonyl (C=O) groups is 1. The van der Waals surface area contributed by atoms with E-state index in [2.05, 4.69) is 36.9 Å². The van der Waals surface area contributed by atoms with Crippen molar-refractivity contribution in [3.63, 3.8) is 0 Å². The molecule has 0 N–H and O–H groups in total. The van der Waals surface area contributed by atoms with E-state index in [1.54, 1.807) is 56.3 Å². The van der Waals surface area contributed by atoms with Crippen molar-refractivity contribution in [2.75, 3.05) is 6.61 Å². The van der Waals surface area contributed by atoms with Crippen molar-refractivity contribution in [2.45, 2.75) is 26.5 Å². The number of nitrogens with zero attached hydrogens (tertiary/aromatic N) is 2. The van der Waals surface area contributed by atoms with Crippen LogP contribution in [0.2, 0.25) is 5.02 Å². The van der Waals surface area contributed by atoms with Crippen molar-refractivity contribution < 1.29 is 18.7 Å². The summed E-state index contributed by atoms with van der Waals surface area (Å²) in [5, 5.41) is 0.542. The number of aromatic nitrogens is 1. The summed E-state index contributed by atoms with van der Waals surface area (Å²) >= 11 is 14.5. The number of fused-ring (bicyclic) bond motifs is 1. The molecule has 0 saturated heterocycles. The molecule has 0 bridgehead atoms. The van der Waals surface area contributed by atoms with Gasteiger partial charge in [-0.05, 0) is 105 Å². The molecule has 5 rings (SSSR count). The van der Waals surface area contributed by atoms with Crippen LogP contribution in [-0.4, -0.2) is 17.1 Å². The van der Waals surface area contributed by atoms with Crippen molar-refractivity contribution in [1.29, 1.82) is 0 Å². The summed E-state index contributed by atoms with van der Waals surface area (Å²) < 4.78 is 27.8. The Balaban J connectivity index is 1.54. The second-order valence-electron chi connectivity index (χ2n) is 9.08. The molecule has 41 heavy (non-hydrogen) atoms. The maximum Gasteiger partial charge on any atom is 0.338 e. The van der Waals surface area contributed by atoms with Crippen molar-refractivity contribution >= 4 is 66.8 Å². The first-order valence-electron chi connectivity index (χ1n) is 12.5. The van der Waals surface area contributed by atoms with Gasteiger partial charge in [0.1, 0.15) is 18.2 Å². The molecule has 0 amide bonds. The summed E-state index contributed by atoms with van der Waals surface area (Å²) in [5.74, 6) is -0.255. The molecule has 11 heteroatoms. The minimum atomic E-state index is -0.717. The molecule has 0 fully saturated rings. The van der Waals surface area contributed by atoms with Gasteiger partial charge in [0.25, 0.3) is 5.56 Å². The monoisotopic (exact) mass is 718 g/mol. The molecular formula is C30H22Br2ClFN2O4S. The molecular weight excluding hydrogens is 699 g/mol. The molecule has 0 aliphatic carbocycles. The van der Waals surface area contributed by atoms with E-state index in [1.165, 1.54) is 28.0 Å². The van der Waals surface area contributed by atoms with Gasteiger partial charge in [0, 0.05) is 5.02 Å². The number of ether oxygens (including phenoxy) is 2. The van der Waals surface area contributed by atoms with Crippen LogP contribution in [0.25, 0.3) is 6.08 Å². The third-order valence-corrected chi connectivity index (χ3v) is 8.73. The molecule has 2 heterocycles. The second-order valence-corrected chi connectivity index (χ2v) is 12.2. The topological polar surface area (TPSA) is 69.9 Å². The second kappa shape index (κ2) is 12.4. The molecule has 0 spiro atoms. The summed E-state index contributed by atoms with van der Waals surface area (Å²) in [6.45, 7) is 3.92. The predicted molar refractivity (Wildman–Crippen MR) is 164 cm³/mol. The fourth-order valence-electron chi connectivity index (χ4n) is 4.44. The minimum Gasteiger partial charge on any atom is -0.487 e. The number of thiazole rings is 1. The van der Waals surface area contributed by atoms with Crippen LogP contribution >= 0.6 is 54.8 Å². The fraction of sp³-hybridized carbons (Fsp3) is 0.167. The van der Waals surface area contributed by atoms with Gasteiger partial charge in [0.15, 0.2) is 4.80 Å². The standard InChI is InChI=1S/C30H22Br2ClFN2O4S/c1-3-39-29(38)25-16(2)35-30-36(26(25)19-6-8-20(33)9-7-19)28(37)24(41-30)14-18-12-22(31)27(23(32)13-18)40-15-17-4-10-21(34)11-5-17/h4-14,26H,3,15H2,1-2H3/t26-/m0/s1. The number of benzene rings is 3. The van der Waals surface area contributed by atoms with Gasteiger partial charge in [-0.2, -0.15) is 0 Å². The molecule has 210 valence electrons. The first-order valence-corrected chi connectivity index (χ1v) is 15.3. The summed E-state index contributed by atoms with van der Waals surface area (Å²) in [7, 11) is 0. The van der Waals surface area contributed by atoms with Crippen LogP contribution < -0.4 is 19.6 Å². The molecule has 1 aliphatic heterocycles. The fourth-order valence-corrected chi connectivity index (χ4v) is 7.06. The Labute approximate surface area is 260 Å². The summed E-state index contributed by atoms with van der Waals surface area (Å²) in [5.41, 5.74) is 2.79. The lowest BCUT2D eigenvalue weighted by Gasteiger charge is -2.24. The Hall–Kier alpha value is -3.05. The zero-order chi connectivity index (χ0) is 29.3. The normalized spacial score (nSPS) is 15.0. The van der Waals surface area contributed by atoms with Gasteiger partial charge in [-0.1, -0.05) is 47.2 Å². The van der Waals surface area contributed by atoms with E-state index >= 15 is 0 Å². The van der Waals surface area contributed by atoms with E-state index in [0.29, 0.717) is 45.9 Å². The molecule has 4 aromatic rings. The first-order chi connectivity index (χ1) is 19.7. The van der Waals surface area contributed by atoms with E-state index in [0.717, 1.165) is 11.1 Å². The Kier molecular flexibility index (Phi) is 8.94. The lowest BCUT2D eigenvalue weighted by molar-refractivity contribution is -0.139. The van der Waals surface area contributed by atoms with Crippen LogP contribution in [-0.2, 0) is 16.1 Å². The molecule has 0 radical (unpaired) electrons. The number of allylic oxidation sites excluding steroid dienone is 1. The minimum absolute atomic E-state index is 0.195. The van der Waals surface area contributed by atoms with Crippen LogP contribution in [0.4, 0.5) is 4.39 Å². The van der Waals surface area contributed by atoms with E-state index in [9.17, 15) is 14.0 Å². The van der Waals surface area contributed by atoms with Crippen LogP contribution in [0.3, 0.4) is 0 Å². The van der Waals surface area contributed by atoms with Gasteiger partial charge in [0.05, 0.1) is 37.4 Å². The number of hydrogen-bond donors (Lipinski definition) is 0. The number of hydrogen-bond acceptors (Lipinski definition) is 6. The zero-order valence-electron chi connectivity index (χ0n) is 21.8. The van der Waals surface area contributed by atoms with E-state index < -0.39 is 12.0 Å². The van der Waals surface area contributed by atoms with E-state index in [-0.39, 0.29) is 24.6 Å². The maximum absolute atomic E-state index is 13.8. The van der Waals surface area contributed by atoms with E-state index in [4.69, 9.17) is 21.1 Å². The lowest BCUT2D eigenvalue weighted by atomic mass is 9.96. The molecule has 0 unspecified atom stereocenters. The third kappa shape index (κ3) is 6.25. The number of carbonyl (C=O) groups excluding carboxylic acids is 1. The summed E-state index contributed by atoms with van der Waals surface area (Å²) in [6.07, 6.45) is 1.77. The Morgan fingerprint density at radius 3 is 2.41 bits per heavy atom. The predicted octanol–water partition coefficient (Wildman–Crippen LogP) is 6.69. The number of halogens is 4. The smallest absolute Gasteiger partial charge is 0.338 e. The van der Waals surface area contributed by atoms with Gasteiger partial charge < -0.3 is 9.47 Å². The molecule has 1 aliphatic rings. The molecule has 1 aromatic heterocycles. The highest BCUT2D eigenvalue weighted by atomic mass is 79.9. The third-order valence-electron chi connectivity index (χ3n) is 6.32. The maximum atomic E-state index is 13.8. The highest BCUT2D eigenvalue weighted by molar-refractivity contribution is 9.11. The Morgan fingerprint density at radius 1 is 1.12 bits per heavy atom. The quantitative estimate of drug-likeness (QED) is 0.200. The van der Waals surface area contributed by atoms with Gasteiger partial charge in [0.2, 0.25) is 0 Å². The van der Waals surface area contributed by atoms with Crippen molar-refractivity contribution in [3.05, 3.63) is 128 Å². The van der Waals surface area contributed by atoms with Crippen LogP contribution in [0, 0.1) is 5.82 Å². The van der Waals surface area contributed by atoms with E-state index in [1.807, 2.05) is 12.1 Å². The van der Waals surface area contributed by atoms with Crippen LogP contribution in [0.15, 0.2) is 90.7 Å². The lowest BCUT2D eigenvalue weighted by Crippen LogP contribution is -2.39. The number of esters is 1. The Bertz CT molecular complexity index is 1830. The highest BCUT2D eigenvalue weighted by Crippen LogP contribution is 2.36. The number of rotatable bonds is 7. The van der Waals surface area contributed by atoms with Crippen LogP contribution in [0.1, 0.15) is 36.6 Å². The first kappa shape index (κ1) is 29.4. The van der Waals surface area contributed by atoms with Crippen molar-refractivity contribution in [1.82, 2.24) is 4.57 Å². The van der Waals surface area contributed by atoms with Gasteiger partial charge in [-0.25, -0.2) is 14.2 Å². The molecule has 1 atom stereocenters. The van der Waals surface area contributed by atoms with Crippen LogP contribution in [0.5, 0.6) is 5.75 Å². The largest absolute Gasteiger partial charge is 0.487 e. The van der Waals surface area contributed by atoms with Crippen molar-refractivity contribution in [2.24, 2.45) is 4.99 Å². The van der Waals surface area contributed by atoms with Crippen molar-refractivity contribution in [3.8, 4) is 5.75 Å². The van der Waals surface area contributed by atoms with Gasteiger partial charge in [-0.3, -0.25) is 9.36 Å². The van der Waals surface area contributed by atoms with Gasteiger partial charge in [-0.15, -0.1) is 0 Å². The average molecular weight is 721 g/mol. The summed E-state index contributed by atoms with van der Waals surface area (Å²) in [4.78, 5) is 31.9. The summed E-state index contributed by atoms with van der Waals surface area (Å²) in [6, 6.07) is 16.1. The SMILES string of the molecule is CCOC(=O)C1=C(C)N=c2sc(=Cc3cc(Br)c(OCc4ccc(F)cc4)c(Br)c3)c(=O)n2[C@H]1c1ccc(Cl)cc1. The molecule has 3 aromatic carbocycles. The molecule has 0 saturated carbocycles. The molecule has 6 nitrogen and oxygen atoms in total. The average Bonchev–Trinajstić information content (AvgIpc) is 3.23. The van der Waals surface area contributed by atoms with Gasteiger partial charge >= 0.3 is 5.97 Å².